The van der Waals surface area contributed by atoms with Gasteiger partial charge in [0.25, 0.3) is 0 Å². The van der Waals surface area contributed by atoms with Crippen LogP contribution in [0.3, 0.4) is 0 Å². The molecule has 0 saturated heterocycles. The Balaban J connectivity index is 2.83. The first-order valence-corrected chi connectivity index (χ1v) is 4.41. The Hall–Kier alpha value is -1.42. The van der Waals surface area contributed by atoms with Gasteiger partial charge in [-0.15, -0.1) is 0 Å². The summed E-state index contributed by atoms with van der Waals surface area (Å²) in [5.74, 6) is -0.470. The Morgan fingerprint density at radius 1 is 1.64 bits per heavy atom. The van der Waals surface area contributed by atoms with Crippen LogP contribution >= 0.6 is 0 Å². The van der Waals surface area contributed by atoms with Crippen molar-refractivity contribution >= 4 is 5.97 Å². The number of methoxy groups -OCH3 is 1. The van der Waals surface area contributed by atoms with E-state index in [9.17, 15) is 9.90 Å². The fourth-order valence-electron chi connectivity index (χ4n) is 1.06. The molecule has 14 heavy (non-hydrogen) atoms. The second-order valence-corrected chi connectivity index (χ2v) is 2.89. The summed E-state index contributed by atoms with van der Waals surface area (Å²) in [6, 6.07) is 3.22. The smallest absolute Gasteiger partial charge is 0.356 e. The van der Waals surface area contributed by atoms with Gasteiger partial charge in [-0.25, -0.2) is 9.78 Å². The first-order chi connectivity index (χ1) is 6.69. The summed E-state index contributed by atoms with van der Waals surface area (Å²) in [4.78, 5) is 14.9. The summed E-state index contributed by atoms with van der Waals surface area (Å²) in [5.41, 5.74) is 0.958. The molecule has 4 heteroatoms. The first kappa shape index (κ1) is 10.7. The first-order valence-electron chi connectivity index (χ1n) is 4.41. The maximum atomic E-state index is 11.0. The standard InChI is InChI=1S/C10H13NO3/c1-3-9(12)7-4-5-8(11-6-7)10(13)14-2/h4-6,9,12H,3H2,1-2H3/t9-/m1/s1. The molecule has 0 fully saturated rings. The van der Waals surface area contributed by atoms with Gasteiger partial charge in [0.15, 0.2) is 0 Å². The zero-order chi connectivity index (χ0) is 10.6. The number of carbonyl (C=O) groups is 1. The third-order valence-corrected chi connectivity index (χ3v) is 1.95. The average molecular weight is 195 g/mol. The molecule has 0 amide bonds. The molecule has 0 spiro atoms. The zero-order valence-corrected chi connectivity index (χ0v) is 8.23. The Morgan fingerprint density at radius 2 is 2.36 bits per heavy atom. The van der Waals surface area contributed by atoms with Crippen molar-refractivity contribution in [2.75, 3.05) is 7.11 Å². The highest BCUT2D eigenvalue weighted by Gasteiger charge is 2.09. The van der Waals surface area contributed by atoms with Crippen LogP contribution in [0.2, 0.25) is 0 Å². The van der Waals surface area contributed by atoms with Gasteiger partial charge in [-0.3, -0.25) is 0 Å². The fraction of sp³-hybridized carbons (Fsp3) is 0.400. The predicted molar refractivity (Wildman–Crippen MR) is 50.8 cm³/mol. The number of pyridine rings is 1. The molecule has 0 radical (unpaired) electrons. The molecule has 0 unspecified atom stereocenters. The number of hydrogen-bond acceptors (Lipinski definition) is 4. The van der Waals surface area contributed by atoms with Crippen molar-refractivity contribution in [3.8, 4) is 0 Å². The minimum absolute atomic E-state index is 0.250. The van der Waals surface area contributed by atoms with E-state index in [0.29, 0.717) is 12.0 Å². The minimum atomic E-state index is -0.519. The van der Waals surface area contributed by atoms with Crippen LogP contribution in [0.4, 0.5) is 0 Å². The molecule has 1 N–H and O–H groups in total. The number of aromatic nitrogens is 1. The van der Waals surface area contributed by atoms with E-state index < -0.39 is 12.1 Å². The normalized spacial score (nSPS) is 12.2. The number of rotatable bonds is 3. The molecule has 1 aromatic heterocycles. The topological polar surface area (TPSA) is 59.4 Å². The van der Waals surface area contributed by atoms with Crippen molar-refractivity contribution in [3.05, 3.63) is 29.6 Å². The van der Waals surface area contributed by atoms with E-state index >= 15 is 0 Å². The summed E-state index contributed by atoms with van der Waals surface area (Å²) in [5, 5.41) is 9.46. The van der Waals surface area contributed by atoms with E-state index in [0.717, 1.165) is 0 Å². The molecule has 1 heterocycles. The second-order valence-electron chi connectivity index (χ2n) is 2.89. The zero-order valence-electron chi connectivity index (χ0n) is 8.23. The Labute approximate surface area is 82.5 Å². The lowest BCUT2D eigenvalue weighted by molar-refractivity contribution is 0.0593. The maximum absolute atomic E-state index is 11.0. The number of nitrogens with zero attached hydrogens (tertiary/aromatic N) is 1. The molecule has 1 rings (SSSR count). The van der Waals surface area contributed by atoms with Crippen LogP contribution < -0.4 is 0 Å². The van der Waals surface area contributed by atoms with E-state index in [-0.39, 0.29) is 5.69 Å². The van der Waals surface area contributed by atoms with Gasteiger partial charge in [-0.1, -0.05) is 13.0 Å². The Morgan fingerprint density at radius 3 is 2.79 bits per heavy atom. The molecule has 4 nitrogen and oxygen atoms in total. The van der Waals surface area contributed by atoms with Crippen molar-refractivity contribution in [1.29, 1.82) is 0 Å². The lowest BCUT2D eigenvalue weighted by atomic mass is 10.1. The molecular weight excluding hydrogens is 182 g/mol. The van der Waals surface area contributed by atoms with Gasteiger partial charge < -0.3 is 9.84 Å². The lowest BCUT2D eigenvalue weighted by Crippen LogP contribution is -2.05. The summed E-state index contributed by atoms with van der Waals surface area (Å²) in [7, 11) is 1.30. The fourth-order valence-corrected chi connectivity index (χ4v) is 1.06. The van der Waals surface area contributed by atoms with Gasteiger partial charge in [0.1, 0.15) is 5.69 Å². The van der Waals surface area contributed by atoms with Crippen molar-refractivity contribution in [1.82, 2.24) is 4.98 Å². The van der Waals surface area contributed by atoms with E-state index in [1.807, 2.05) is 6.92 Å². The van der Waals surface area contributed by atoms with E-state index in [1.165, 1.54) is 13.3 Å². The van der Waals surface area contributed by atoms with Crippen LogP contribution in [0.25, 0.3) is 0 Å². The van der Waals surface area contributed by atoms with Crippen LogP contribution in [0.5, 0.6) is 0 Å². The highest BCUT2D eigenvalue weighted by Crippen LogP contribution is 2.14. The third kappa shape index (κ3) is 2.29. The van der Waals surface area contributed by atoms with Gasteiger partial charge in [0, 0.05) is 6.20 Å². The number of carbonyl (C=O) groups excluding carboxylic acids is 1. The second kappa shape index (κ2) is 4.72. The molecule has 0 aliphatic heterocycles. The Kier molecular flexibility index (Phi) is 3.59. The summed E-state index contributed by atoms with van der Waals surface area (Å²) < 4.78 is 4.50. The monoisotopic (exact) mass is 195 g/mol. The summed E-state index contributed by atoms with van der Waals surface area (Å²) >= 11 is 0. The van der Waals surface area contributed by atoms with Gasteiger partial charge in [0.05, 0.1) is 13.2 Å². The molecule has 0 aromatic carbocycles. The molecule has 1 atom stereocenters. The molecule has 1 aromatic rings. The molecule has 0 saturated carbocycles. The molecule has 0 aliphatic rings. The van der Waals surface area contributed by atoms with E-state index in [1.54, 1.807) is 12.1 Å². The Bertz CT molecular complexity index is 308. The van der Waals surface area contributed by atoms with E-state index in [2.05, 4.69) is 9.72 Å². The van der Waals surface area contributed by atoms with Crippen LogP contribution in [0, 0.1) is 0 Å². The van der Waals surface area contributed by atoms with Gasteiger partial charge >= 0.3 is 5.97 Å². The molecule has 0 bridgehead atoms. The van der Waals surface area contributed by atoms with Gasteiger partial charge in [-0.05, 0) is 18.1 Å². The van der Waals surface area contributed by atoms with Crippen molar-refractivity contribution in [2.24, 2.45) is 0 Å². The number of hydrogen-bond donors (Lipinski definition) is 1. The minimum Gasteiger partial charge on any atom is -0.464 e. The van der Waals surface area contributed by atoms with Crippen LogP contribution in [-0.2, 0) is 4.74 Å². The van der Waals surface area contributed by atoms with Gasteiger partial charge in [-0.2, -0.15) is 0 Å². The highest BCUT2D eigenvalue weighted by atomic mass is 16.5. The lowest BCUT2D eigenvalue weighted by Gasteiger charge is -2.07. The maximum Gasteiger partial charge on any atom is 0.356 e. The number of ether oxygens (including phenoxy) is 1. The van der Waals surface area contributed by atoms with E-state index in [4.69, 9.17) is 0 Å². The largest absolute Gasteiger partial charge is 0.464 e. The third-order valence-electron chi connectivity index (χ3n) is 1.95. The number of aliphatic hydroxyl groups is 1. The summed E-state index contributed by atoms with van der Waals surface area (Å²) in [6.45, 7) is 1.87. The van der Waals surface area contributed by atoms with Crippen molar-refractivity contribution < 1.29 is 14.6 Å². The highest BCUT2D eigenvalue weighted by molar-refractivity contribution is 5.86. The molecular formula is C10H13NO3. The number of aliphatic hydroxyl groups excluding tert-OH is 1. The quantitative estimate of drug-likeness (QED) is 0.739. The predicted octanol–water partition coefficient (Wildman–Crippen LogP) is 1.31. The van der Waals surface area contributed by atoms with Crippen molar-refractivity contribution in [2.45, 2.75) is 19.4 Å². The number of esters is 1. The summed E-state index contributed by atoms with van der Waals surface area (Å²) in [6.07, 6.45) is 1.59. The van der Waals surface area contributed by atoms with Crippen LogP contribution in [-0.4, -0.2) is 23.2 Å². The SMILES string of the molecule is CC[C@@H](O)c1ccc(C(=O)OC)nc1. The molecule has 0 aliphatic carbocycles. The van der Waals surface area contributed by atoms with Crippen LogP contribution in [0.15, 0.2) is 18.3 Å². The van der Waals surface area contributed by atoms with Crippen LogP contribution in [0.1, 0.15) is 35.5 Å². The van der Waals surface area contributed by atoms with Gasteiger partial charge in [0.2, 0.25) is 0 Å². The molecule has 76 valence electrons. The average Bonchev–Trinajstić information content (AvgIpc) is 2.27. The van der Waals surface area contributed by atoms with Crippen molar-refractivity contribution in [3.63, 3.8) is 0 Å².